The van der Waals surface area contributed by atoms with Gasteiger partial charge in [0.25, 0.3) is 0 Å². The summed E-state index contributed by atoms with van der Waals surface area (Å²) < 4.78 is 33.4. The lowest BCUT2D eigenvalue weighted by Gasteiger charge is -2.30. The van der Waals surface area contributed by atoms with Crippen molar-refractivity contribution in [2.75, 3.05) is 12.4 Å². The second-order valence-electron chi connectivity index (χ2n) is 11.0. The van der Waals surface area contributed by atoms with E-state index in [1.54, 1.807) is 26.3 Å². The van der Waals surface area contributed by atoms with E-state index in [2.05, 4.69) is 25.3 Å². The molecule has 3 aromatic heterocycles. The lowest BCUT2D eigenvalue weighted by atomic mass is 9.89. The van der Waals surface area contributed by atoms with Crippen LogP contribution < -0.4 is 14.8 Å². The number of methoxy groups -OCH3 is 1. The van der Waals surface area contributed by atoms with Crippen molar-refractivity contribution in [3.05, 3.63) is 60.1 Å². The zero-order valence-corrected chi connectivity index (χ0v) is 24.6. The van der Waals surface area contributed by atoms with E-state index < -0.39 is 24.1 Å². The first-order chi connectivity index (χ1) is 20.1. The number of rotatable bonds is 6. The molecular weight excluding hydrogens is 559 g/mol. The Bertz CT molecular complexity index is 1810. The predicted octanol–water partition coefficient (Wildman–Crippen LogP) is 6.65. The maximum atomic E-state index is 15.4. The van der Waals surface area contributed by atoms with Gasteiger partial charge in [0.15, 0.2) is 11.6 Å². The van der Waals surface area contributed by atoms with Crippen molar-refractivity contribution in [3.63, 3.8) is 0 Å². The van der Waals surface area contributed by atoms with Gasteiger partial charge in [-0.25, -0.2) is 34.1 Å². The number of aryl methyl sites for hydroxylation is 2. The average molecular weight is 589 g/mol. The molecule has 0 unspecified atom stereocenters. The van der Waals surface area contributed by atoms with E-state index in [4.69, 9.17) is 19.2 Å². The second kappa shape index (κ2) is 10.8. The second-order valence-corrected chi connectivity index (χ2v) is 12.0. The highest BCUT2D eigenvalue weighted by atomic mass is 32.1. The quantitative estimate of drug-likeness (QED) is 0.232. The van der Waals surface area contributed by atoms with Gasteiger partial charge in [0.05, 0.1) is 52.6 Å². The number of carbonyl (C=O) groups excluding carboxylic acids is 1. The zero-order chi connectivity index (χ0) is 29.6. The van der Waals surface area contributed by atoms with Crippen molar-refractivity contribution < 1.29 is 23.4 Å². The van der Waals surface area contributed by atoms with E-state index >= 15 is 4.39 Å². The van der Waals surface area contributed by atoms with Gasteiger partial charge in [-0.05, 0) is 44.4 Å². The van der Waals surface area contributed by atoms with Crippen molar-refractivity contribution in [2.45, 2.75) is 52.7 Å². The number of carbonyl (C=O) groups is 1. The number of nitrogens with zero attached hydrogens (tertiary/aromatic N) is 5. The van der Waals surface area contributed by atoms with E-state index in [0.717, 1.165) is 22.2 Å². The summed E-state index contributed by atoms with van der Waals surface area (Å²) in [5, 5.41) is 3.35. The molecule has 1 saturated carbocycles. The summed E-state index contributed by atoms with van der Waals surface area (Å²) >= 11 is 1.41. The van der Waals surface area contributed by atoms with Gasteiger partial charge in [0, 0.05) is 23.1 Å². The minimum atomic E-state index is -0.648. The molecule has 2 aromatic carbocycles. The Labute approximate surface area is 245 Å². The maximum absolute atomic E-state index is 15.4. The molecule has 1 N–H and O–H groups in total. The fraction of sp³-hybridized carbons (Fsp3) is 0.333. The van der Waals surface area contributed by atoms with Gasteiger partial charge in [-0.1, -0.05) is 13.8 Å². The molecule has 0 aliphatic heterocycles. The number of anilines is 1. The molecule has 6 rings (SSSR count). The van der Waals surface area contributed by atoms with Crippen LogP contribution in [0.25, 0.3) is 31.8 Å². The van der Waals surface area contributed by atoms with Crippen LogP contribution in [0.1, 0.15) is 38.1 Å². The van der Waals surface area contributed by atoms with Gasteiger partial charge in [-0.15, -0.1) is 11.3 Å². The van der Waals surface area contributed by atoms with Crippen LogP contribution >= 0.6 is 11.3 Å². The highest BCUT2D eigenvalue weighted by Crippen LogP contribution is 2.43. The molecule has 12 heteroatoms. The Morgan fingerprint density at radius 2 is 1.83 bits per heavy atom. The predicted molar refractivity (Wildman–Crippen MR) is 157 cm³/mol. The third kappa shape index (κ3) is 5.41. The van der Waals surface area contributed by atoms with Gasteiger partial charge in [0.1, 0.15) is 23.0 Å². The van der Waals surface area contributed by atoms with Crippen molar-refractivity contribution in [1.82, 2.24) is 24.9 Å². The summed E-state index contributed by atoms with van der Waals surface area (Å²) in [5.74, 6) is 0.557. The molecule has 42 heavy (non-hydrogen) atoms. The van der Waals surface area contributed by atoms with E-state index in [1.165, 1.54) is 29.8 Å². The Morgan fingerprint density at radius 1 is 1.05 bits per heavy atom. The molecular formula is C30H29FN6O4S. The van der Waals surface area contributed by atoms with Crippen molar-refractivity contribution >= 4 is 44.4 Å². The SMILES string of the molecule is COc1cnc2c(-c3nc4cc(F)c(O[C@H]5CCC(C)(C)[C@H]5OC(=O)Nc5cnc(C)nc5)cc4s3)cc(C)cc2n1. The smallest absolute Gasteiger partial charge is 0.412 e. The molecule has 1 aliphatic carbocycles. The van der Waals surface area contributed by atoms with Crippen LogP contribution in [0.5, 0.6) is 11.6 Å². The van der Waals surface area contributed by atoms with E-state index in [9.17, 15) is 4.79 Å². The minimum absolute atomic E-state index is 0.0833. The lowest BCUT2D eigenvalue weighted by molar-refractivity contribution is -0.00717. The van der Waals surface area contributed by atoms with Crippen LogP contribution in [0.3, 0.4) is 0 Å². The molecule has 1 amide bonds. The first-order valence-corrected chi connectivity index (χ1v) is 14.3. The molecule has 10 nitrogen and oxygen atoms in total. The van der Waals surface area contributed by atoms with Crippen LogP contribution in [0.15, 0.2) is 42.9 Å². The Kier molecular flexibility index (Phi) is 7.09. The monoisotopic (exact) mass is 588 g/mol. The maximum Gasteiger partial charge on any atom is 0.412 e. The molecule has 0 spiro atoms. The fourth-order valence-electron chi connectivity index (χ4n) is 5.19. The number of benzene rings is 2. The fourth-order valence-corrected chi connectivity index (χ4v) is 6.19. The third-order valence-corrected chi connectivity index (χ3v) is 8.42. The lowest BCUT2D eigenvalue weighted by Crippen LogP contribution is -2.40. The Morgan fingerprint density at radius 3 is 2.60 bits per heavy atom. The standard InChI is InChI=1S/C30H29FN6O4S/c1-15-8-18(26-21(9-15)36-25(39-5)14-34-26)28-37-20-10-19(31)23(11-24(20)42-28)40-22-6-7-30(3,4)27(22)41-29(38)35-17-12-32-16(2)33-13-17/h8-14,22,27H,6-7H2,1-5H3,(H,35,38)/t22-,27-/m0/s1. The number of thiazole rings is 1. The van der Waals surface area contributed by atoms with Gasteiger partial charge in [0.2, 0.25) is 5.88 Å². The molecule has 2 atom stereocenters. The number of ether oxygens (including phenoxy) is 3. The van der Waals surface area contributed by atoms with Gasteiger partial charge < -0.3 is 14.2 Å². The number of amides is 1. The summed E-state index contributed by atoms with van der Waals surface area (Å²) in [6, 6.07) is 6.96. The third-order valence-electron chi connectivity index (χ3n) is 7.37. The van der Waals surface area contributed by atoms with Crippen molar-refractivity contribution in [3.8, 4) is 22.2 Å². The number of nitrogens with one attached hydrogen (secondary N) is 1. The highest BCUT2D eigenvalue weighted by molar-refractivity contribution is 7.21. The van der Waals surface area contributed by atoms with E-state index in [0.29, 0.717) is 45.4 Å². The molecule has 1 aliphatic rings. The minimum Gasteiger partial charge on any atom is -0.483 e. The largest absolute Gasteiger partial charge is 0.483 e. The summed E-state index contributed by atoms with van der Waals surface area (Å²) in [4.78, 5) is 34.7. The van der Waals surface area contributed by atoms with Crippen molar-refractivity contribution in [1.29, 1.82) is 0 Å². The number of aromatic nitrogens is 5. The summed E-state index contributed by atoms with van der Waals surface area (Å²) in [7, 11) is 1.55. The first-order valence-electron chi connectivity index (χ1n) is 13.4. The van der Waals surface area contributed by atoms with Crippen molar-refractivity contribution in [2.24, 2.45) is 5.41 Å². The number of halogens is 1. The molecule has 0 bridgehead atoms. The Hall–Kier alpha value is -4.45. The van der Waals surface area contributed by atoms with Crippen LogP contribution in [0, 0.1) is 25.1 Å². The summed E-state index contributed by atoms with van der Waals surface area (Å²) in [6.45, 7) is 7.73. The molecule has 3 heterocycles. The van der Waals surface area contributed by atoms with Crippen LogP contribution in [-0.4, -0.2) is 50.3 Å². The molecule has 0 saturated heterocycles. The highest BCUT2D eigenvalue weighted by Gasteiger charge is 2.46. The van der Waals surface area contributed by atoms with Gasteiger partial charge in [-0.2, -0.15) is 0 Å². The number of fused-ring (bicyclic) bond motifs is 2. The number of hydrogen-bond acceptors (Lipinski definition) is 10. The van der Waals surface area contributed by atoms with Crippen LogP contribution in [0.2, 0.25) is 0 Å². The van der Waals surface area contributed by atoms with E-state index in [1.807, 2.05) is 32.9 Å². The molecule has 1 fully saturated rings. The normalized spacial score (nSPS) is 17.9. The summed E-state index contributed by atoms with van der Waals surface area (Å²) in [5.41, 5.74) is 3.72. The van der Waals surface area contributed by atoms with E-state index in [-0.39, 0.29) is 11.2 Å². The zero-order valence-electron chi connectivity index (χ0n) is 23.8. The first kappa shape index (κ1) is 27.7. The van der Waals surface area contributed by atoms with Crippen LogP contribution in [-0.2, 0) is 4.74 Å². The van der Waals surface area contributed by atoms with Gasteiger partial charge >= 0.3 is 6.09 Å². The molecule has 5 aromatic rings. The average Bonchev–Trinajstić information content (AvgIpc) is 3.48. The number of hydrogen-bond donors (Lipinski definition) is 1. The van der Waals surface area contributed by atoms with Gasteiger partial charge in [-0.3, -0.25) is 5.32 Å². The van der Waals surface area contributed by atoms with Crippen LogP contribution in [0.4, 0.5) is 14.9 Å². The Balaban J connectivity index is 1.26. The summed E-state index contributed by atoms with van der Waals surface area (Å²) in [6.07, 6.45) is 4.13. The molecule has 216 valence electrons. The topological polar surface area (TPSA) is 121 Å². The molecule has 0 radical (unpaired) electrons.